The second kappa shape index (κ2) is 3.75. The Hall–Kier alpha value is -1.52. The van der Waals surface area contributed by atoms with Gasteiger partial charge >= 0.3 is 0 Å². The molecule has 2 heterocycles. The van der Waals surface area contributed by atoms with Gasteiger partial charge in [0.15, 0.2) is 5.58 Å². The van der Waals surface area contributed by atoms with Crippen LogP contribution in [0.1, 0.15) is 5.56 Å². The summed E-state index contributed by atoms with van der Waals surface area (Å²) >= 11 is 7.51. The zero-order valence-electron chi connectivity index (χ0n) is 9.03. The van der Waals surface area contributed by atoms with Crippen LogP contribution < -0.4 is 5.73 Å². The number of nitrogens with zero attached hydrogens (tertiary/aromatic N) is 1. The topological polar surface area (TPSA) is 52.0 Å². The molecule has 0 atom stereocenters. The molecular weight excluding hydrogens is 256 g/mol. The summed E-state index contributed by atoms with van der Waals surface area (Å²) in [5.74, 6) is 0.576. The Morgan fingerprint density at radius 2 is 2.24 bits per heavy atom. The number of thiophene rings is 1. The molecule has 2 aromatic heterocycles. The first-order valence-electron chi connectivity index (χ1n) is 5.06. The fraction of sp³-hybridized carbons (Fsp3) is 0.0833. The molecule has 3 aromatic rings. The highest BCUT2D eigenvalue weighted by molar-refractivity contribution is 7.19. The van der Waals surface area contributed by atoms with Crippen LogP contribution in [0.25, 0.3) is 21.9 Å². The Morgan fingerprint density at radius 1 is 1.41 bits per heavy atom. The third-order valence-electron chi connectivity index (χ3n) is 2.50. The smallest absolute Gasteiger partial charge is 0.237 e. The van der Waals surface area contributed by atoms with Crippen molar-refractivity contribution in [2.24, 2.45) is 0 Å². The van der Waals surface area contributed by atoms with Crippen molar-refractivity contribution in [2.75, 3.05) is 5.73 Å². The van der Waals surface area contributed by atoms with E-state index in [2.05, 4.69) is 4.98 Å². The number of nitrogen functional groups attached to an aromatic ring is 1. The second-order valence-electron chi connectivity index (χ2n) is 3.77. The van der Waals surface area contributed by atoms with Crippen molar-refractivity contribution in [1.82, 2.24) is 4.98 Å². The third-order valence-corrected chi connectivity index (χ3v) is 3.85. The van der Waals surface area contributed by atoms with Crippen molar-refractivity contribution in [1.29, 1.82) is 0 Å². The van der Waals surface area contributed by atoms with Gasteiger partial charge in [-0.3, -0.25) is 0 Å². The highest BCUT2D eigenvalue weighted by atomic mass is 35.5. The molecule has 0 aliphatic carbocycles. The number of halogens is 1. The first kappa shape index (κ1) is 10.6. The fourth-order valence-electron chi connectivity index (χ4n) is 1.73. The predicted molar refractivity (Wildman–Crippen MR) is 71.5 cm³/mol. The van der Waals surface area contributed by atoms with Crippen LogP contribution in [-0.4, -0.2) is 4.98 Å². The van der Waals surface area contributed by atoms with E-state index in [9.17, 15) is 0 Å². The minimum absolute atomic E-state index is 0.573. The molecule has 5 heteroatoms. The number of nitrogens with two attached hydrogens (primary N) is 1. The van der Waals surface area contributed by atoms with Crippen molar-refractivity contribution in [3.63, 3.8) is 0 Å². The van der Waals surface area contributed by atoms with Gasteiger partial charge in [-0.25, -0.2) is 4.98 Å². The fourth-order valence-corrected chi connectivity index (χ4v) is 2.81. The van der Waals surface area contributed by atoms with Crippen LogP contribution in [0, 0.1) is 6.92 Å². The largest absolute Gasteiger partial charge is 0.434 e. The molecule has 3 nitrogen and oxygen atoms in total. The normalized spacial score (nSPS) is 11.2. The van der Waals surface area contributed by atoms with Gasteiger partial charge in [0.2, 0.25) is 5.89 Å². The number of benzene rings is 1. The van der Waals surface area contributed by atoms with Crippen molar-refractivity contribution in [2.45, 2.75) is 6.92 Å². The van der Waals surface area contributed by atoms with Crippen molar-refractivity contribution >= 4 is 39.0 Å². The number of oxazole rings is 1. The average molecular weight is 265 g/mol. The lowest BCUT2D eigenvalue weighted by atomic mass is 10.3. The van der Waals surface area contributed by atoms with Gasteiger partial charge < -0.3 is 10.2 Å². The number of fused-ring (bicyclic) bond motifs is 1. The molecule has 3 rings (SSSR count). The van der Waals surface area contributed by atoms with E-state index in [4.69, 9.17) is 21.8 Å². The Balaban J connectivity index is 2.25. The first-order valence-corrected chi connectivity index (χ1v) is 6.26. The second-order valence-corrected chi connectivity index (χ2v) is 5.26. The Morgan fingerprint density at radius 3 is 2.88 bits per heavy atom. The van der Waals surface area contributed by atoms with Gasteiger partial charge in [0.25, 0.3) is 0 Å². The summed E-state index contributed by atoms with van der Waals surface area (Å²) < 4.78 is 5.69. The maximum Gasteiger partial charge on any atom is 0.237 e. The number of para-hydroxylation sites is 1. The van der Waals surface area contributed by atoms with Crippen LogP contribution in [0.5, 0.6) is 0 Å². The van der Waals surface area contributed by atoms with E-state index in [0.29, 0.717) is 16.5 Å². The number of aromatic nitrogens is 1. The standard InChI is InChI=1S/C12H9ClN2OS/c1-6-5-9(14)17-11(6)12-15-8-4-2-3-7(13)10(8)16-12/h2-5H,14H2,1H3. The molecule has 2 N–H and O–H groups in total. The quantitative estimate of drug-likeness (QED) is 0.720. The molecule has 17 heavy (non-hydrogen) atoms. The average Bonchev–Trinajstić information content (AvgIpc) is 2.82. The highest BCUT2D eigenvalue weighted by Gasteiger charge is 2.14. The maximum absolute atomic E-state index is 6.05. The Bertz CT molecular complexity index is 702. The maximum atomic E-state index is 6.05. The minimum Gasteiger partial charge on any atom is -0.434 e. The number of aryl methyl sites for hydroxylation is 1. The molecule has 0 fully saturated rings. The molecule has 0 amide bonds. The molecule has 0 unspecified atom stereocenters. The van der Waals surface area contributed by atoms with E-state index in [-0.39, 0.29) is 0 Å². The molecule has 0 aliphatic rings. The Kier molecular flexibility index (Phi) is 2.34. The van der Waals surface area contributed by atoms with Crippen LogP contribution in [0.15, 0.2) is 28.7 Å². The molecule has 86 valence electrons. The summed E-state index contributed by atoms with van der Waals surface area (Å²) in [5.41, 5.74) is 8.21. The van der Waals surface area contributed by atoms with Crippen molar-refractivity contribution in [3.05, 3.63) is 34.9 Å². The Labute approximate surface area is 107 Å². The van der Waals surface area contributed by atoms with E-state index in [1.165, 1.54) is 11.3 Å². The van der Waals surface area contributed by atoms with Gasteiger partial charge in [-0.2, -0.15) is 0 Å². The highest BCUT2D eigenvalue weighted by Crippen LogP contribution is 2.36. The molecule has 0 saturated carbocycles. The van der Waals surface area contributed by atoms with E-state index in [1.54, 1.807) is 6.07 Å². The van der Waals surface area contributed by atoms with Crippen molar-refractivity contribution < 1.29 is 4.42 Å². The van der Waals surface area contributed by atoms with Crippen LogP contribution in [0.3, 0.4) is 0 Å². The zero-order chi connectivity index (χ0) is 12.0. The van der Waals surface area contributed by atoms with Gasteiger partial charge in [-0.05, 0) is 30.7 Å². The molecule has 0 bridgehead atoms. The molecule has 0 saturated heterocycles. The van der Waals surface area contributed by atoms with Crippen LogP contribution in [0.2, 0.25) is 5.02 Å². The van der Waals surface area contributed by atoms with Gasteiger partial charge in [-0.1, -0.05) is 17.7 Å². The van der Waals surface area contributed by atoms with Gasteiger partial charge in [0, 0.05) is 0 Å². The summed E-state index contributed by atoms with van der Waals surface area (Å²) in [7, 11) is 0. The SMILES string of the molecule is Cc1cc(N)sc1-c1nc2cccc(Cl)c2o1. The number of rotatable bonds is 1. The van der Waals surface area contributed by atoms with E-state index >= 15 is 0 Å². The molecule has 0 radical (unpaired) electrons. The lowest BCUT2D eigenvalue weighted by molar-refractivity contribution is 0.621. The van der Waals surface area contributed by atoms with Gasteiger partial charge in [0.1, 0.15) is 5.52 Å². The van der Waals surface area contributed by atoms with Crippen molar-refractivity contribution in [3.8, 4) is 10.8 Å². The van der Waals surface area contributed by atoms with Crippen LogP contribution >= 0.6 is 22.9 Å². The van der Waals surface area contributed by atoms with Crippen LogP contribution in [-0.2, 0) is 0 Å². The lowest BCUT2D eigenvalue weighted by Gasteiger charge is -1.90. The molecule has 1 aromatic carbocycles. The molecular formula is C12H9ClN2OS. The number of hydrogen-bond donors (Lipinski definition) is 1. The van der Waals surface area contributed by atoms with E-state index in [0.717, 1.165) is 21.0 Å². The van der Waals surface area contributed by atoms with Gasteiger partial charge in [-0.15, -0.1) is 11.3 Å². The van der Waals surface area contributed by atoms with E-state index < -0.39 is 0 Å². The summed E-state index contributed by atoms with van der Waals surface area (Å²) in [4.78, 5) is 5.38. The summed E-state index contributed by atoms with van der Waals surface area (Å²) in [6.45, 7) is 1.98. The summed E-state index contributed by atoms with van der Waals surface area (Å²) in [5, 5.41) is 1.33. The lowest BCUT2D eigenvalue weighted by Crippen LogP contribution is -1.73. The summed E-state index contributed by atoms with van der Waals surface area (Å²) in [6.07, 6.45) is 0. The van der Waals surface area contributed by atoms with Crippen LogP contribution in [0.4, 0.5) is 5.00 Å². The molecule has 0 aliphatic heterocycles. The monoisotopic (exact) mass is 264 g/mol. The number of anilines is 1. The molecule has 0 spiro atoms. The van der Waals surface area contributed by atoms with Gasteiger partial charge in [0.05, 0.1) is 14.9 Å². The third kappa shape index (κ3) is 1.69. The first-order chi connectivity index (χ1) is 8.15. The zero-order valence-corrected chi connectivity index (χ0v) is 10.6. The minimum atomic E-state index is 0.573. The summed E-state index contributed by atoms with van der Waals surface area (Å²) in [6, 6.07) is 7.43. The van der Waals surface area contributed by atoms with E-state index in [1.807, 2.05) is 25.1 Å². The predicted octanol–water partition coefficient (Wildman–Crippen LogP) is 4.10. The number of hydrogen-bond acceptors (Lipinski definition) is 4.